The van der Waals surface area contributed by atoms with Gasteiger partial charge in [-0.3, -0.25) is 4.98 Å². The number of nitrogens with zero attached hydrogens (tertiary/aromatic N) is 2. The van der Waals surface area contributed by atoms with Crippen LogP contribution in [0.4, 0.5) is 0 Å². The number of aromatic nitrogens is 2. The second-order valence-corrected chi connectivity index (χ2v) is 7.39. The number of hydrogen-bond acceptors (Lipinski definition) is 3. The van der Waals surface area contributed by atoms with Gasteiger partial charge in [-0.25, -0.2) is 4.98 Å². The van der Waals surface area contributed by atoms with Gasteiger partial charge in [0.05, 0.1) is 6.20 Å². The molecule has 0 spiro atoms. The lowest BCUT2D eigenvalue weighted by Gasteiger charge is -2.26. The number of rotatable bonds is 2. The highest BCUT2D eigenvalue weighted by Gasteiger charge is 2.21. The molecular formula is C18H24N2O. The van der Waals surface area contributed by atoms with Crippen LogP contribution in [-0.4, -0.2) is 9.97 Å². The van der Waals surface area contributed by atoms with E-state index >= 15 is 0 Å². The molecule has 0 unspecified atom stereocenters. The zero-order valence-corrected chi connectivity index (χ0v) is 13.8. The van der Waals surface area contributed by atoms with E-state index in [9.17, 15) is 0 Å². The molecule has 1 aromatic carbocycles. The second kappa shape index (κ2) is 5.47. The van der Waals surface area contributed by atoms with Crippen molar-refractivity contribution in [3.05, 3.63) is 47.9 Å². The van der Waals surface area contributed by atoms with Crippen LogP contribution in [0.2, 0.25) is 0 Å². The third-order valence-electron chi connectivity index (χ3n) is 3.40. The van der Waals surface area contributed by atoms with Crippen LogP contribution in [0.15, 0.2) is 36.8 Å². The molecule has 0 atom stereocenters. The molecule has 0 bridgehead atoms. The van der Waals surface area contributed by atoms with Crippen LogP contribution < -0.4 is 4.74 Å². The van der Waals surface area contributed by atoms with Gasteiger partial charge in [-0.05, 0) is 34.1 Å². The second-order valence-electron chi connectivity index (χ2n) is 7.39. The van der Waals surface area contributed by atoms with Gasteiger partial charge in [0.25, 0.3) is 0 Å². The fraction of sp³-hybridized carbons (Fsp3) is 0.444. The van der Waals surface area contributed by atoms with E-state index in [1.54, 1.807) is 18.6 Å². The summed E-state index contributed by atoms with van der Waals surface area (Å²) >= 11 is 0. The van der Waals surface area contributed by atoms with Crippen molar-refractivity contribution < 1.29 is 4.74 Å². The zero-order chi connectivity index (χ0) is 15.7. The van der Waals surface area contributed by atoms with Gasteiger partial charge in [-0.1, -0.05) is 47.6 Å². The van der Waals surface area contributed by atoms with Gasteiger partial charge in [-0.2, -0.15) is 0 Å². The molecule has 1 heterocycles. The summed E-state index contributed by atoms with van der Waals surface area (Å²) in [5, 5.41) is 0. The summed E-state index contributed by atoms with van der Waals surface area (Å²) < 4.78 is 5.88. The van der Waals surface area contributed by atoms with Crippen LogP contribution in [0, 0.1) is 0 Å². The Bertz CT molecular complexity index is 575. The Morgan fingerprint density at radius 2 is 1.38 bits per heavy atom. The SMILES string of the molecule is CC(C)(C)c1cc(Oc2cnccn2)cc(C(C)(C)C)c1. The molecule has 112 valence electrons. The van der Waals surface area contributed by atoms with Gasteiger partial charge in [0.2, 0.25) is 5.88 Å². The van der Waals surface area contributed by atoms with E-state index in [2.05, 4.69) is 69.7 Å². The van der Waals surface area contributed by atoms with Gasteiger partial charge in [0, 0.05) is 12.4 Å². The monoisotopic (exact) mass is 284 g/mol. The molecule has 0 aliphatic carbocycles. The van der Waals surface area contributed by atoms with E-state index in [0.717, 1.165) is 5.75 Å². The molecule has 2 rings (SSSR count). The summed E-state index contributed by atoms with van der Waals surface area (Å²) in [4.78, 5) is 8.21. The van der Waals surface area contributed by atoms with Gasteiger partial charge in [-0.15, -0.1) is 0 Å². The third kappa shape index (κ3) is 4.03. The van der Waals surface area contributed by atoms with Crippen LogP contribution in [0.1, 0.15) is 52.7 Å². The largest absolute Gasteiger partial charge is 0.437 e. The van der Waals surface area contributed by atoms with Gasteiger partial charge >= 0.3 is 0 Å². The minimum Gasteiger partial charge on any atom is -0.437 e. The van der Waals surface area contributed by atoms with E-state index < -0.39 is 0 Å². The van der Waals surface area contributed by atoms with Crippen LogP contribution in [-0.2, 0) is 10.8 Å². The predicted molar refractivity (Wildman–Crippen MR) is 85.9 cm³/mol. The highest BCUT2D eigenvalue weighted by molar-refractivity contribution is 5.41. The number of hydrogen-bond donors (Lipinski definition) is 0. The Kier molecular flexibility index (Phi) is 4.04. The summed E-state index contributed by atoms with van der Waals surface area (Å²) in [6.07, 6.45) is 4.90. The van der Waals surface area contributed by atoms with Crippen molar-refractivity contribution in [2.45, 2.75) is 52.4 Å². The molecule has 3 heteroatoms. The Morgan fingerprint density at radius 1 is 0.810 bits per heavy atom. The summed E-state index contributed by atoms with van der Waals surface area (Å²) in [6.45, 7) is 13.3. The molecule has 0 saturated carbocycles. The van der Waals surface area contributed by atoms with E-state index in [1.165, 1.54) is 11.1 Å². The molecule has 0 amide bonds. The highest BCUT2D eigenvalue weighted by atomic mass is 16.5. The first-order valence-electron chi connectivity index (χ1n) is 7.26. The van der Waals surface area contributed by atoms with Crippen molar-refractivity contribution in [1.29, 1.82) is 0 Å². The minimum atomic E-state index is 0.0712. The normalized spacial score (nSPS) is 12.3. The molecule has 0 saturated heterocycles. The molecule has 3 nitrogen and oxygen atoms in total. The molecule has 0 aliphatic rings. The fourth-order valence-corrected chi connectivity index (χ4v) is 1.98. The molecule has 1 aromatic heterocycles. The predicted octanol–water partition coefficient (Wildman–Crippen LogP) is 4.86. The lowest BCUT2D eigenvalue weighted by Crippen LogP contribution is -2.16. The standard InChI is InChI=1S/C18H24N2O/c1-17(2,3)13-9-14(18(4,5)6)11-15(10-13)21-16-12-19-7-8-20-16/h7-12H,1-6H3. The van der Waals surface area contributed by atoms with Gasteiger partial charge in [0.15, 0.2) is 0 Å². The third-order valence-corrected chi connectivity index (χ3v) is 3.40. The Labute approximate surface area is 127 Å². The maximum Gasteiger partial charge on any atom is 0.237 e. The molecule has 0 aliphatic heterocycles. The van der Waals surface area contributed by atoms with Crippen molar-refractivity contribution in [3.63, 3.8) is 0 Å². The first-order valence-corrected chi connectivity index (χ1v) is 7.26. The maximum atomic E-state index is 5.88. The quantitative estimate of drug-likeness (QED) is 0.789. The maximum absolute atomic E-state index is 5.88. The van der Waals surface area contributed by atoms with E-state index in [0.29, 0.717) is 5.88 Å². The van der Waals surface area contributed by atoms with Crippen molar-refractivity contribution in [1.82, 2.24) is 9.97 Å². The van der Waals surface area contributed by atoms with Crippen molar-refractivity contribution in [2.75, 3.05) is 0 Å². The Morgan fingerprint density at radius 3 is 1.81 bits per heavy atom. The molecule has 0 radical (unpaired) electrons. The zero-order valence-electron chi connectivity index (χ0n) is 13.8. The highest BCUT2D eigenvalue weighted by Crippen LogP contribution is 2.34. The van der Waals surface area contributed by atoms with Gasteiger partial charge in [0.1, 0.15) is 5.75 Å². The molecule has 0 N–H and O–H groups in total. The Hall–Kier alpha value is -1.90. The molecular weight excluding hydrogens is 260 g/mol. The first kappa shape index (κ1) is 15.5. The molecule has 2 aromatic rings. The van der Waals surface area contributed by atoms with E-state index in [1.807, 2.05) is 0 Å². The van der Waals surface area contributed by atoms with Crippen molar-refractivity contribution in [3.8, 4) is 11.6 Å². The van der Waals surface area contributed by atoms with Crippen molar-refractivity contribution >= 4 is 0 Å². The summed E-state index contributed by atoms with van der Waals surface area (Å²) in [5.74, 6) is 1.33. The first-order chi connectivity index (χ1) is 9.66. The number of benzene rings is 1. The van der Waals surface area contributed by atoms with Crippen LogP contribution in [0.5, 0.6) is 11.6 Å². The van der Waals surface area contributed by atoms with Crippen LogP contribution >= 0.6 is 0 Å². The smallest absolute Gasteiger partial charge is 0.237 e. The average Bonchev–Trinajstić information content (AvgIpc) is 2.37. The lowest BCUT2D eigenvalue weighted by atomic mass is 9.80. The minimum absolute atomic E-state index is 0.0712. The van der Waals surface area contributed by atoms with E-state index in [4.69, 9.17) is 4.74 Å². The van der Waals surface area contributed by atoms with Crippen molar-refractivity contribution in [2.24, 2.45) is 0 Å². The molecule has 0 fully saturated rings. The fourth-order valence-electron chi connectivity index (χ4n) is 1.98. The van der Waals surface area contributed by atoms with E-state index in [-0.39, 0.29) is 10.8 Å². The Balaban J connectivity index is 2.45. The topological polar surface area (TPSA) is 35.0 Å². The average molecular weight is 284 g/mol. The molecule has 21 heavy (non-hydrogen) atoms. The summed E-state index contributed by atoms with van der Waals surface area (Å²) in [5.41, 5.74) is 2.66. The van der Waals surface area contributed by atoms with Gasteiger partial charge < -0.3 is 4.74 Å². The number of ether oxygens (including phenoxy) is 1. The summed E-state index contributed by atoms with van der Waals surface area (Å²) in [6, 6.07) is 6.44. The van der Waals surface area contributed by atoms with Crippen LogP contribution in [0.3, 0.4) is 0 Å². The summed E-state index contributed by atoms with van der Waals surface area (Å²) in [7, 11) is 0. The lowest BCUT2D eigenvalue weighted by molar-refractivity contribution is 0.453. The van der Waals surface area contributed by atoms with Crippen LogP contribution in [0.25, 0.3) is 0 Å².